The average Bonchev–Trinajstić information content (AvgIpc) is 2.65. The Labute approximate surface area is 149 Å². The van der Waals surface area contributed by atoms with Crippen molar-refractivity contribution in [1.82, 2.24) is 15.5 Å². The van der Waals surface area contributed by atoms with Gasteiger partial charge in [-0.2, -0.15) is 0 Å². The fraction of sp³-hybridized carbons (Fsp3) is 0.300. The minimum absolute atomic E-state index is 0.0843. The van der Waals surface area contributed by atoms with Crippen molar-refractivity contribution in [1.29, 1.82) is 0 Å². The highest BCUT2D eigenvalue weighted by Gasteiger charge is 2.07. The van der Waals surface area contributed by atoms with Crippen LogP contribution in [0.25, 0.3) is 0 Å². The number of nitrogens with one attached hydrogen (secondary N) is 2. The van der Waals surface area contributed by atoms with Gasteiger partial charge in [-0.3, -0.25) is 4.79 Å². The smallest absolute Gasteiger partial charge is 0.251 e. The Kier molecular flexibility index (Phi) is 7.01. The van der Waals surface area contributed by atoms with Gasteiger partial charge in [0.25, 0.3) is 5.91 Å². The van der Waals surface area contributed by atoms with Crippen LogP contribution in [0.15, 0.2) is 59.6 Å². The number of hydrogen-bond donors (Lipinski definition) is 2. The lowest BCUT2D eigenvalue weighted by molar-refractivity contribution is 0.0963. The first kappa shape index (κ1) is 18.5. The second-order valence-electron chi connectivity index (χ2n) is 5.79. The van der Waals surface area contributed by atoms with Crippen molar-refractivity contribution in [2.24, 2.45) is 4.99 Å². The van der Waals surface area contributed by atoms with Gasteiger partial charge < -0.3 is 15.5 Å². The fourth-order valence-electron chi connectivity index (χ4n) is 2.52. The summed E-state index contributed by atoms with van der Waals surface area (Å²) in [6.45, 7) is 4.16. The average molecular weight is 338 g/mol. The van der Waals surface area contributed by atoms with Crippen LogP contribution in [0.5, 0.6) is 0 Å². The van der Waals surface area contributed by atoms with Crippen molar-refractivity contribution >= 4 is 11.9 Å². The molecule has 2 aromatic rings. The molecule has 0 saturated heterocycles. The van der Waals surface area contributed by atoms with E-state index in [0.717, 1.165) is 24.6 Å². The summed E-state index contributed by atoms with van der Waals surface area (Å²) < 4.78 is 0. The molecule has 5 heteroatoms. The Balaban J connectivity index is 2.10. The second-order valence-corrected chi connectivity index (χ2v) is 5.79. The first-order valence-electron chi connectivity index (χ1n) is 8.48. The summed E-state index contributed by atoms with van der Waals surface area (Å²) in [5, 5.41) is 5.96. The lowest BCUT2D eigenvalue weighted by Gasteiger charge is -2.22. The van der Waals surface area contributed by atoms with E-state index in [2.05, 4.69) is 34.6 Å². The molecule has 0 atom stereocenters. The van der Waals surface area contributed by atoms with E-state index in [-0.39, 0.29) is 5.91 Å². The van der Waals surface area contributed by atoms with Crippen LogP contribution in [0.1, 0.15) is 28.4 Å². The molecule has 0 aliphatic rings. The predicted molar refractivity (Wildman–Crippen MR) is 103 cm³/mol. The molecule has 0 heterocycles. The lowest BCUT2D eigenvalue weighted by Crippen LogP contribution is -2.38. The summed E-state index contributed by atoms with van der Waals surface area (Å²) in [6, 6.07) is 17.9. The maximum absolute atomic E-state index is 11.8. The largest absolute Gasteiger partial charge is 0.357 e. The minimum atomic E-state index is -0.0843. The fourth-order valence-corrected chi connectivity index (χ4v) is 2.52. The molecule has 0 saturated carbocycles. The molecule has 1 amide bonds. The van der Waals surface area contributed by atoms with E-state index in [0.29, 0.717) is 12.1 Å². The van der Waals surface area contributed by atoms with Crippen LogP contribution in [0.3, 0.4) is 0 Å². The first-order valence-corrected chi connectivity index (χ1v) is 8.48. The standard InChI is InChI=1S/C20H26N4O/c1-4-22-20(24(3)15-16-9-6-5-7-10-16)23-14-17-11-8-12-18(13-17)19(25)21-2/h5-13H,4,14-15H2,1-3H3,(H,21,25)(H,22,23). The van der Waals surface area contributed by atoms with E-state index in [1.165, 1.54) is 5.56 Å². The van der Waals surface area contributed by atoms with E-state index in [1.54, 1.807) is 13.1 Å². The molecule has 0 fully saturated rings. The van der Waals surface area contributed by atoms with Crippen LogP contribution in [-0.4, -0.2) is 37.4 Å². The van der Waals surface area contributed by atoms with Crippen LogP contribution >= 0.6 is 0 Å². The van der Waals surface area contributed by atoms with Gasteiger partial charge in [-0.15, -0.1) is 0 Å². The van der Waals surface area contributed by atoms with Crippen molar-refractivity contribution in [2.75, 3.05) is 20.6 Å². The van der Waals surface area contributed by atoms with Crippen molar-refractivity contribution in [3.05, 3.63) is 71.3 Å². The number of carbonyl (C=O) groups excluding carboxylic acids is 1. The van der Waals surface area contributed by atoms with Gasteiger partial charge in [-0.25, -0.2) is 4.99 Å². The molecule has 2 aromatic carbocycles. The molecule has 0 unspecified atom stereocenters. The highest BCUT2D eigenvalue weighted by Crippen LogP contribution is 2.08. The SMILES string of the molecule is CCNC(=NCc1cccc(C(=O)NC)c1)N(C)Cc1ccccc1. The van der Waals surface area contributed by atoms with Gasteiger partial charge >= 0.3 is 0 Å². The highest BCUT2D eigenvalue weighted by molar-refractivity contribution is 5.94. The molecular formula is C20H26N4O. The molecule has 5 nitrogen and oxygen atoms in total. The third-order valence-electron chi connectivity index (χ3n) is 3.79. The molecule has 2 N–H and O–H groups in total. The quantitative estimate of drug-likeness (QED) is 0.629. The van der Waals surface area contributed by atoms with Gasteiger partial charge in [-0.05, 0) is 30.2 Å². The first-order chi connectivity index (χ1) is 12.1. The van der Waals surface area contributed by atoms with Crippen LogP contribution < -0.4 is 10.6 Å². The second kappa shape index (κ2) is 9.47. The maximum atomic E-state index is 11.8. The summed E-state index contributed by atoms with van der Waals surface area (Å²) in [5.41, 5.74) is 2.89. The van der Waals surface area contributed by atoms with Gasteiger partial charge in [0.05, 0.1) is 6.54 Å². The van der Waals surface area contributed by atoms with E-state index < -0.39 is 0 Å². The summed E-state index contributed by atoms with van der Waals surface area (Å²) in [7, 11) is 3.66. The zero-order valence-corrected chi connectivity index (χ0v) is 15.1. The van der Waals surface area contributed by atoms with E-state index in [9.17, 15) is 4.79 Å². The molecule has 0 aromatic heterocycles. The summed E-state index contributed by atoms with van der Waals surface area (Å²) in [4.78, 5) is 18.6. The molecule has 25 heavy (non-hydrogen) atoms. The van der Waals surface area contributed by atoms with Crippen LogP contribution in [0, 0.1) is 0 Å². The maximum Gasteiger partial charge on any atom is 0.251 e. The van der Waals surface area contributed by atoms with Crippen LogP contribution in [-0.2, 0) is 13.1 Å². The van der Waals surface area contributed by atoms with Crippen LogP contribution in [0.4, 0.5) is 0 Å². The lowest BCUT2D eigenvalue weighted by atomic mass is 10.1. The number of benzene rings is 2. The zero-order chi connectivity index (χ0) is 18.1. The Morgan fingerprint density at radius 1 is 1.08 bits per heavy atom. The summed E-state index contributed by atoms with van der Waals surface area (Å²) in [6.07, 6.45) is 0. The molecule has 2 rings (SSSR count). The monoisotopic (exact) mass is 338 g/mol. The van der Waals surface area contributed by atoms with E-state index >= 15 is 0 Å². The molecule has 0 aliphatic carbocycles. The third-order valence-corrected chi connectivity index (χ3v) is 3.79. The van der Waals surface area contributed by atoms with Crippen molar-refractivity contribution in [2.45, 2.75) is 20.0 Å². The molecule has 0 aliphatic heterocycles. The van der Waals surface area contributed by atoms with Gasteiger partial charge in [0.1, 0.15) is 0 Å². The number of amides is 1. The van der Waals surface area contributed by atoms with Crippen LogP contribution in [0.2, 0.25) is 0 Å². The van der Waals surface area contributed by atoms with Crippen molar-refractivity contribution in [3.8, 4) is 0 Å². The molecule has 0 radical (unpaired) electrons. The number of guanidine groups is 1. The summed E-state index contributed by atoms with van der Waals surface area (Å²) in [5.74, 6) is 0.760. The van der Waals surface area contributed by atoms with E-state index in [1.807, 2.05) is 43.4 Å². The molecule has 132 valence electrons. The number of rotatable bonds is 6. The molecule has 0 spiro atoms. The Morgan fingerprint density at radius 3 is 2.48 bits per heavy atom. The zero-order valence-electron chi connectivity index (χ0n) is 15.1. The Morgan fingerprint density at radius 2 is 1.80 bits per heavy atom. The van der Waals surface area contributed by atoms with Gasteiger partial charge in [0.15, 0.2) is 5.96 Å². The van der Waals surface area contributed by atoms with E-state index in [4.69, 9.17) is 4.99 Å². The number of aliphatic imine (C=N–C) groups is 1. The molecular weight excluding hydrogens is 312 g/mol. The Bertz CT molecular complexity index is 713. The summed E-state index contributed by atoms with van der Waals surface area (Å²) >= 11 is 0. The normalized spacial score (nSPS) is 11.1. The topological polar surface area (TPSA) is 56.7 Å². The number of nitrogens with zero attached hydrogens (tertiary/aromatic N) is 2. The van der Waals surface area contributed by atoms with Crippen molar-refractivity contribution < 1.29 is 4.79 Å². The number of carbonyl (C=O) groups is 1. The van der Waals surface area contributed by atoms with Gasteiger partial charge in [-0.1, -0.05) is 42.5 Å². The minimum Gasteiger partial charge on any atom is -0.357 e. The highest BCUT2D eigenvalue weighted by atomic mass is 16.1. The van der Waals surface area contributed by atoms with Crippen molar-refractivity contribution in [3.63, 3.8) is 0 Å². The number of hydrogen-bond acceptors (Lipinski definition) is 2. The third kappa shape index (κ3) is 5.64. The Hall–Kier alpha value is -2.82. The predicted octanol–water partition coefficient (Wildman–Crippen LogP) is 2.64. The van der Waals surface area contributed by atoms with Gasteiger partial charge in [0, 0.05) is 32.7 Å². The molecule has 0 bridgehead atoms. The van der Waals surface area contributed by atoms with Gasteiger partial charge in [0.2, 0.25) is 0 Å².